The molecule has 0 amide bonds. The molecule has 0 spiro atoms. The van der Waals surface area contributed by atoms with Crippen LogP contribution >= 0.6 is 23.2 Å². The lowest BCUT2D eigenvalue weighted by Crippen LogP contribution is -2.57. The molecule has 2 aliphatic rings. The molecule has 0 radical (unpaired) electrons. The SMILES string of the molecule is CC=CC1=CC2=CC(=O)[C@](C)(OC(=O)c3c(C)c(Cl)c(O)c(Cl)c3OC)[C@@H](O)[C@@H]2CO1. The fraction of sp³-hybridized carbons (Fsp3) is 0.364. The number of ketones is 1. The number of hydrogen-bond acceptors (Lipinski definition) is 7. The third kappa shape index (κ3) is 3.82. The molecule has 1 aromatic carbocycles. The van der Waals surface area contributed by atoms with E-state index in [0.717, 1.165) is 0 Å². The van der Waals surface area contributed by atoms with Crippen molar-refractivity contribution in [3.05, 3.63) is 56.8 Å². The molecule has 0 aromatic heterocycles. The summed E-state index contributed by atoms with van der Waals surface area (Å²) in [6.45, 7) is 4.75. The van der Waals surface area contributed by atoms with Crippen LogP contribution in [0.2, 0.25) is 10.0 Å². The quantitative estimate of drug-likeness (QED) is 0.645. The lowest BCUT2D eigenvalue weighted by atomic mass is 9.74. The third-order valence-corrected chi connectivity index (χ3v) is 6.30. The number of benzene rings is 1. The highest BCUT2D eigenvalue weighted by Gasteiger charge is 2.52. The molecule has 166 valence electrons. The van der Waals surface area contributed by atoms with Crippen molar-refractivity contribution in [2.24, 2.45) is 5.92 Å². The minimum atomic E-state index is -1.88. The second kappa shape index (κ2) is 8.57. The first-order chi connectivity index (χ1) is 14.6. The summed E-state index contributed by atoms with van der Waals surface area (Å²) < 4.78 is 16.3. The summed E-state index contributed by atoms with van der Waals surface area (Å²) in [5.41, 5.74) is -1.28. The number of phenolic OH excluding ortho intramolecular Hbond substituents is 1. The van der Waals surface area contributed by atoms with E-state index in [0.29, 0.717) is 11.3 Å². The lowest BCUT2D eigenvalue weighted by Gasteiger charge is -2.41. The minimum Gasteiger partial charge on any atom is -0.505 e. The Morgan fingerprint density at radius 1 is 1.32 bits per heavy atom. The van der Waals surface area contributed by atoms with Crippen LogP contribution in [-0.4, -0.2) is 47.4 Å². The van der Waals surface area contributed by atoms with Gasteiger partial charge in [0, 0.05) is 5.92 Å². The average molecular weight is 469 g/mol. The van der Waals surface area contributed by atoms with E-state index < -0.39 is 35.1 Å². The van der Waals surface area contributed by atoms with Gasteiger partial charge in [-0.2, -0.15) is 0 Å². The standard InChI is InChI=1S/C22H22Cl2O7/c1-5-6-12-7-11-8-14(25)22(3,20(27)13(11)9-30-12)31-21(28)15-10(2)16(23)18(26)17(24)19(15)29-4/h5-8,13,20,26-27H,9H2,1-4H3/t13-,20+,22+/m1/s1. The van der Waals surface area contributed by atoms with Gasteiger partial charge in [-0.15, -0.1) is 0 Å². The molecule has 0 unspecified atom stereocenters. The molecule has 3 rings (SSSR count). The maximum Gasteiger partial charge on any atom is 0.343 e. The Hall–Kier alpha value is -2.48. The smallest absolute Gasteiger partial charge is 0.343 e. The van der Waals surface area contributed by atoms with Gasteiger partial charge in [-0.3, -0.25) is 4.79 Å². The Kier molecular flexibility index (Phi) is 6.41. The summed E-state index contributed by atoms with van der Waals surface area (Å²) in [5.74, 6) is -2.15. The Labute approximate surface area is 189 Å². The molecule has 31 heavy (non-hydrogen) atoms. The van der Waals surface area contributed by atoms with Gasteiger partial charge in [0.25, 0.3) is 0 Å². The number of fused-ring (bicyclic) bond motifs is 1. The van der Waals surface area contributed by atoms with Crippen molar-refractivity contribution in [2.75, 3.05) is 13.7 Å². The second-order valence-corrected chi connectivity index (χ2v) is 8.18. The molecule has 1 aromatic rings. The van der Waals surface area contributed by atoms with E-state index in [1.807, 2.05) is 6.92 Å². The van der Waals surface area contributed by atoms with E-state index in [9.17, 15) is 19.8 Å². The number of ether oxygens (including phenoxy) is 3. The van der Waals surface area contributed by atoms with Gasteiger partial charge in [0.2, 0.25) is 5.78 Å². The normalized spacial score (nSPS) is 25.5. The number of hydrogen-bond donors (Lipinski definition) is 2. The van der Waals surface area contributed by atoms with Crippen LogP contribution in [0.1, 0.15) is 29.8 Å². The van der Waals surface area contributed by atoms with Crippen LogP contribution in [0.15, 0.2) is 35.6 Å². The van der Waals surface area contributed by atoms with Gasteiger partial charge < -0.3 is 24.4 Å². The number of aromatic hydroxyl groups is 1. The highest BCUT2D eigenvalue weighted by molar-refractivity contribution is 6.39. The Balaban J connectivity index is 2.00. The van der Waals surface area contributed by atoms with E-state index in [1.165, 1.54) is 27.0 Å². The monoisotopic (exact) mass is 468 g/mol. The topological polar surface area (TPSA) is 102 Å². The lowest BCUT2D eigenvalue weighted by molar-refractivity contribution is -0.152. The summed E-state index contributed by atoms with van der Waals surface area (Å²) in [4.78, 5) is 26.0. The van der Waals surface area contributed by atoms with Crippen molar-refractivity contribution < 1.29 is 34.0 Å². The predicted octanol–water partition coefficient (Wildman–Crippen LogP) is 3.91. The Morgan fingerprint density at radius 3 is 2.61 bits per heavy atom. The maximum atomic E-state index is 13.1. The molecule has 3 atom stereocenters. The maximum absolute atomic E-state index is 13.1. The van der Waals surface area contributed by atoms with Gasteiger partial charge in [-0.25, -0.2) is 4.79 Å². The second-order valence-electron chi connectivity index (χ2n) is 7.42. The van der Waals surface area contributed by atoms with E-state index in [2.05, 4.69) is 0 Å². The van der Waals surface area contributed by atoms with Crippen LogP contribution in [-0.2, 0) is 14.3 Å². The number of carbonyl (C=O) groups is 2. The van der Waals surface area contributed by atoms with Gasteiger partial charge in [-0.1, -0.05) is 29.3 Å². The summed E-state index contributed by atoms with van der Waals surface area (Å²) in [5, 5.41) is 20.6. The molecule has 0 saturated heterocycles. The van der Waals surface area contributed by atoms with Crippen molar-refractivity contribution in [2.45, 2.75) is 32.5 Å². The van der Waals surface area contributed by atoms with Crippen molar-refractivity contribution in [1.82, 2.24) is 0 Å². The number of allylic oxidation sites excluding steroid dienone is 3. The van der Waals surface area contributed by atoms with E-state index in [-0.39, 0.29) is 33.5 Å². The number of rotatable bonds is 4. The Bertz CT molecular complexity index is 1040. The van der Waals surface area contributed by atoms with Crippen molar-refractivity contribution in [3.63, 3.8) is 0 Å². The molecule has 1 aliphatic heterocycles. The van der Waals surface area contributed by atoms with Crippen LogP contribution in [0.4, 0.5) is 0 Å². The van der Waals surface area contributed by atoms with E-state index in [4.69, 9.17) is 37.4 Å². The number of carbonyl (C=O) groups excluding carboxylic acids is 2. The Morgan fingerprint density at radius 2 is 2.00 bits per heavy atom. The molecule has 1 heterocycles. The predicted molar refractivity (Wildman–Crippen MR) is 115 cm³/mol. The number of aliphatic hydroxyl groups excluding tert-OH is 1. The molecular formula is C22H22Cl2O7. The van der Waals surface area contributed by atoms with Crippen LogP contribution < -0.4 is 4.74 Å². The fourth-order valence-electron chi connectivity index (χ4n) is 3.67. The zero-order valence-electron chi connectivity index (χ0n) is 17.4. The summed E-state index contributed by atoms with van der Waals surface area (Å²) in [7, 11) is 1.26. The largest absolute Gasteiger partial charge is 0.505 e. The van der Waals surface area contributed by atoms with Gasteiger partial charge in [0.05, 0.1) is 18.7 Å². The first-order valence-electron chi connectivity index (χ1n) is 9.45. The number of methoxy groups -OCH3 is 1. The summed E-state index contributed by atoms with van der Waals surface area (Å²) in [6.07, 6.45) is 5.20. The molecule has 2 N–H and O–H groups in total. The van der Waals surface area contributed by atoms with Crippen molar-refractivity contribution in [3.8, 4) is 11.5 Å². The number of phenols is 1. The van der Waals surface area contributed by atoms with Crippen LogP contribution in [0.5, 0.6) is 11.5 Å². The van der Waals surface area contributed by atoms with Gasteiger partial charge >= 0.3 is 5.97 Å². The molecule has 0 bridgehead atoms. The third-order valence-electron chi connectivity index (χ3n) is 5.49. The summed E-state index contributed by atoms with van der Waals surface area (Å²) in [6, 6.07) is 0. The zero-order valence-corrected chi connectivity index (χ0v) is 18.9. The van der Waals surface area contributed by atoms with Crippen LogP contribution in [0.25, 0.3) is 0 Å². The molecule has 0 fully saturated rings. The van der Waals surface area contributed by atoms with E-state index in [1.54, 1.807) is 18.2 Å². The number of esters is 1. The van der Waals surface area contributed by atoms with Crippen molar-refractivity contribution in [1.29, 1.82) is 0 Å². The summed E-state index contributed by atoms with van der Waals surface area (Å²) >= 11 is 12.1. The first kappa shape index (κ1) is 23.2. The van der Waals surface area contributed by atoms with E-state index >= 15 is 0 Å². The number of aliphatic hydroxyl groups is 1. The molecular weight excluding hydrogens is 447 g/mol. The minimum absolute atomic E-state index is 0.114. The van der Waals surface area contributed by atoms with Crippen LogP contribution in [0.3, 0.4) is 0 Å². The molecule has 9 heteroatoms. The first-order valence-corrected chi connectivity index (χ1v) is 10.2. The molecule has 7 nitrogen and oxygen atoms in total. The fourth-order valence-corrected chi connectivity index (χ4v) is 4.17. The molecule has 1 aliphatic carbocycles. The average Bonchev–Trinajstić information content (AvgIpc) is 2.73. The highest BCUT2D eigenvalue weighted by atomic mass is 35.5. The van der Waals surface area contributed by atoms with Gasteiger partial charge in [-0.05, 0) is 50.1 Å². The van der Waals surface area contributed by atoms with Gasteiger partial charge in [0.15, 0.2) is 17.1 Å². The zero-order chi connectivity index (χ0) is 23.1. The highest BCUT2D eigenvalue weighted by Crippen LogP contribution is 2.45. The van der Waals surface area contributed by atoms with Gasteiger partial charge in [0.1, 0.15) is 22.4 Å². The number of halogens is 2. The van der Waals surface area contributed by atoms with Crippen molar-refractivity contribution >= 4 is 35.0 Å². The molecule has 0 saturated carbocycles. The van der Waals surface area contributed by atoms with Crippen LogP contribution in [0, 0.1) is 12.8 Å².